The topological polar surface area (TPSA) is 0 Å². The lowest BCUT2D eigenvalue weighted by molar-refractivity contribution is 1.04. The van der Waals surface area contributed by atoms with Crippen molar-refractivity contribution in [1.29, 1.82) is 0 Å². The van der Waals surface area contributed by atoms with Crippen LogP contribution in [0.5, 0.6) is 0 Å². The molecule has 0 unspecified atom stereocenters. The zero-order valence-corrected chi connectivity index (χ0v) is 7.14. The summed E-state index contributed by atoms with van der Waals surface area (Å²) in [6, 6.07) is 0. The molecule has 1 fully saturated rings. The molecule has 0 N–H and O–H groups in total. The molecule has 2 aliphatic rings. The Balaban J connectivity index is 2.18. The number of hydrogen-bond donors (Lipinski definition) is 0. The third-order valence-corrected chi connectivity index (χ3v) is 2.32. The standard InChI is InChI=1S/C12H12/c1-9-7-10(2)12(9)8-11-5-3-4-6-11/h3-5,8H,1-2,6-7H2. The summed E-state index contributed by atoms with van der Waals surface area (Å²) in [5, 5.41) is 0. The Morgan fingerprint density at radius 1 is 1.25 bits per heavy atom. The van der Waals surface area contributed by atoms with Crippen LogP contribution in [-0.2, 0) is 0 Å². The van der Waals surface area contributed by atoms with Crippen LogP contribution >= 0.6 is 0 Å². The Morgan fingerprint density at radius 3 is 2.50 bits per heavy atom. The molecule has 60 valence electrons. The van der Waals surface area contributed by atoms with Crippen molar-refractivity contribution in [2.45, 2.75) is 12.8 Å². The molecule has 2 aliphatic carbocycles. The molecule has 0 amide bonds. The third kappa shape index (κ3) is 1.10. The zero-order chi connectivity index (χ0) is 8.55. The molecule has 2 rings (SSSR count). The molecule has 0 nitrogen and oxygen atoms in total. The molecule has 0 spiro atoms. The highest BCUT2D eigenvalue weighted by Gasteiger charge is 2.18. The number of hydrogen-bond acceptors (Lipinski definition) is 0. The maximum Gasteiger partial charge on any atom is -0.00254 e. The molecule has 1 saturated carbocycles. The maximum absolute atomic E-state index is 3.96. The fourth-order valence-electron chi connectivity index (χ4n) is 1.55. The Bertz CT molecular complexity index is 319. The van der Waals surface area contributed by atoms with Gasteiger partial charge in [0.1, 0.15) is 0 Å². The van der Waals surface area contributed by atoms with Crippen molar-refractivity contribution in [2.24, 2.45) is 0 Å². The van der Waals surface area contributed by atoms with Crippen molar-refractivity contribution in [2.75, 3.05) is 0 Å². The van der Waals surface area contributed by atoms with Crippen molar-refractivity contribution in [3.63, 3.8) is 0 Å². The van der Waals surface area contributed by atoms with Gasteiger partial charge in [-0.15, -0.1) is 0 Å². The van der Waals surface area contributed by atoms with E-state index < -0.39 is 0 Å². The summed E-state index contributed by atoms with van der Waals surface area (Å²) < 4.78 is 0. The van der Waals surface area contributed by atoms with Gasteiger partial charge in [0.25, 0.3) is 0 Å². The molecule has 0 aromatic rings. The van der Waals surface area contributed by atoms with E-state index in [1.807, 2.05) is 0 Å². The summed E-state index contributed by atoms with van der Waals surface area (Å²) in [7, 11) is 0. The van der Waals surface area contributed by atoms with E-state index in [0.717, 1.165) is 12.8 Å². The first-order valence-electron chi connectivity index (χ1n) is 4.21. The van der Waals surface area contributed by atoms with E-state index in [1.165, 1.54) is 22.3 Å². The minimum absolute atomic E-state index is 0.993. The largest absolute Gasteiger partial charge is 0.0949 e. The van der Waals surface area contributed by atoms with Crippen LogP contribution in [0.2, 0.25) is 0 Å². The molecule has 12 heavy (non-hydrogen) atoms. The minimum atomic E-state index is 0.993. The predicted octanol–water partition coefficient (Wildman–Crippen LogP) is 3.32. The fourth-order valence-corrected chi connectivity index (χ4v) is 1.55. The Labute approximate surface area is 73.3 Å². The van der Waals surface area contributed by atoms with Gasteiger partial charge in [-0.25, -0.2) is 0 Å². The van der Waals surface area contributed by atoms with Crippen LogP contribution in [0, 0.1) is 0 Å². The summed E-state index contributed by atoms with van der Waals surface area (Å²) in [6.45, 7) is 7.92. The van der Waals surface area contributed by atoms with Gasteiger partial charge in [0.05, 0.1) is 0 Å². The molecule has 0 heteroatoms. The predicted molar refractivity (Wildman–Crippen MR) is 52.8 cm³/mol. The molecule has 0 saturated heterocycles. The Kier molecular flexibility index (Phi) is 1.61. The van der Waals surface area contributed by atoms with Gasteiger partial charge in [0.15, 0.2) is 0 Å². The molecule has 0 radical (unpaired) electrons. The number of rotatable bonds is 1. The second kappa shape index (κ2) is 2.63. The Hall–Kier alpha value is -1.30. The molecule has 0 atom stereocenters. The van der Waals surface area contributed by atoms with Crippen LogP contribution in [0.3, 0.4) is 0 Å². The molecular formula is C12H12. The number of allylic oxidation sites excluding steroid dienone is 8. The van der Waals surface area contributed by atoms with Gasteiger partial charge < -0.3 is 0 Å². The third-order valence-electron chi connectivity index (χ3n) is 2.32. The quantitative estimate of drug-likeness (QED) is 0.546. The lowest BCUT2D eigenvalue weighted by atomic mass is 9.81. The lowest BCUT2D eigenvalue weighted by Gasteiger charge is -2.24. The smallest absolute Gasteiger partial charge is 0.00254 e. The van der Waals surface area contributed by atoms with Gasteiger partial charge in [0, 0.05) is 0 Å². The van der Waals surface area contributed by atoms with Crippen LogP contribution in [-0.4, -0.2) is 0 Å². The van der Waals surface area contributed by atoms with Crippen LogP contribution in [0.4, 0.5) is 0 Å². The maximum atomic E-state index is 3.96. The summed E-state index contributed by atoms with van der Waals surface area (Å²) in [5.41, 5.74) is 5.09. The van der Waals surface area contributed by atoms with Crippen molar-refractivity contribution in [3.05, 3.63) is 59.8 Å². The van der Waals surface area contributed by atoms with Gasteiger partial charge in [0.2, 0.25) is 0 Å². The van der Waals surface area contributed by atoms with E-state index in [1.54, 1.807) is 0 Å². The van der Waals surface area contributed by atoms with Gasteiger partial charge in [-0.2, -0.15) is 0 Å². The summed E-state index contributed by atoms with van der Waals surface area (Å²) in [5.74, 6) is 0. The van der Waals surface area contributed by atoms with Crippen LogP contribution in [0.15, 0.2) is 59.8 Å². The molecular weight excluding hydrogens is 144 g/mol. The average molecular weight is 156 g/mol. The normalized spacial score (nSPS) is 21.0. The average Bonchev–Trinajstić information content (AvgIpc) is 2.52. The second-order valence-corrected chi connectivity index (χ2v) is 3.32. The first-order valence-corrected chi connectivity index (χ1v) is 4.21. The molecule has 0 aromatic heterocycles. The van der Waals surface area contributed by atoms with Crippen molar-refractivity contribution in [1.82, 2.24) is 0 Å². The van der Waals surface area contributed by atoms with E-state index in [4.69, 9.17) is 0 Å². The van der Waals surface area contributed by atoms with Crippen LogP contribution < -0.4 is 0 Å². The second-order valence-electron chi connectivity index (χ2n) is 3.32. The highest BCUT2D eigenvalue weighted by Crippen LogP contribution is 2.37. The van der Waals surface area contributed by atoms with Crippen molar-refractivity contribution in [3.8, 4) is 0 Å². The van der Waals surface area contributed by atoms with Gasteiger partial charge in [-0.3, -0.25) is 0 Å². The first-order chi connectivity index (χ1) is 5.77. The monoisotopic (exact) mass is 156 g/mol. The highest BCUT2D eigenvalue weighted by atomic mass is 14.2. The van der Waals surface area contributed by atoms with Gasteiger partial charge in [-0.05, 0) is 35.1 Å². The molecule has 0 aromatic carbocycles. The van der Waals surface area contributed by atoms with E-state index >= 15 is 0 Å². The fraction of sp³-hybridized carbons (Fsp3) is 0.167. The molecule has 0 heterocycles. The highest BCUT2D eigenvalue weighted by molar-refractivity contribution is 5.59. The van der Waals surface area contributed by atoms with Crippen molar-refractivity contribution < 1.29 is 0 Å². The van der Waals surface area contributed by atoms with E-state index in [-0.39, 0.29) is 0 Å². The summed E-state index contributed by atoms with van der Waals surface area (Å²) in [6.07, 6.45) is 10.7. The summed E-state index contributed by atoms with van der Waals surface area (Å²) in [4.78, 5) is 0. The van der Waals surface area contributed by atoms with E-state index in [9.17, 15) is 0 Å². The summed E-state index contributed by atoms with van der Waals surface area (Å²) >= 11 is 0. The van der Waals surface area contributed by atoms with Gasteiger partial charge in [-0.1, -0.05) is 37.5 Å². The minimum Gasteiger partial charge on any atom is -0.0949 e. The van der Waals surface area contributed by atoms with Gasteiger partial charge >= 0.3 is 0 Å². The zero-order valence-electron chi connectivity index (χ0n) is 7.14. The van der Waals surface area contributed by atoms with E-state index in [2.05, 4.69) is 37.5 Å². The van der Waals surface area contributed by atoms with Crippen molar-refractivity contribution >= 4 is 0 Å². The first kappa shape index (κ1) is 7.35. The van der Waals surface area contributed by atoms with Crippen LogP contribution in [0.1, 0.15) is 12.8 Å². The van der Waals surface area contributed by atoms with Crippen LogP contribution in [0.25, 0.3) is 0 Å². The molecule has 0 aliphatic heterocycles. The Morgan fingerprint density at radius 2 is 2.00 bits per heavy atom. The SMILES string of the molecule is C=C1CC(=C)C1=CC1=CC=CC1. The van der Waals surface area contributed by atoms with E-state index in [0.29, 0.717) is 0 Å². The lowest BCUT2D eigenvalue weighted by Crippen LogP contribution is -2.05. The molecule has 0 bridgehead atoms.